The van der Waals surface area contributed by atoms with Gasteiger partial charge in [-0.25, -0.2) is 4.98 Å². The van der Waals surface area contributed by atoms with E-state index in [1.54, 1.807) is 11.3 Å². The first-order valence-corrected chi connectivity index (χ1v) is 9.76. The van der Waals surface area contributed by atoms with Crippen molar-refractivity contribution >= 4 is 23.1 Å². The summed E-state index contributed by atoms with van der Waals surface area (Å²) in [5.74, 6) is 1.14. The summed E-state index contributed by atoms with van der Waals surface area (Å²) in [5, 5.41) is 5.07. The fraction of sp³-hybridized carbons (Fsp3) is 0.474. The van der Waals surface area contributed by atoms with Gasteiger partial charge >= 0.3 is 0 Å². The molecule has 0 spiro atoms. The van der Waals surface area contributed by atoms with Crippen molar-refractivity contribution in [3.63, 3.8) is 0 Å². The number of anilines is 1. The van der Waals surface area contributed by atoms with Crippen LogP contribution in [0.2, 0.25) is 0 Å². The van der Waals surface area contributed by atoms with Gasteiger partial charge in [-0.2, -0.15) is 0 Å². The molecule has 1 amide bonds. The van der Waals surface area contributed by atoms with Gasteiger partial charge in [0.2, 0.25) is 5.91 Å². The summed E-state index contributed by atoms with van der Waals surface area (Å²) in [6.45, 7) is 4.73. The number of amides is 1. The highest BCUT2D eigenvalue weighted by Gasteiger charge is 2.14. The molecule has 25 heavy (non-hydrogen) atoms. The second kappa shape index (κ2) is 8.97. The molecule has 2 aromatic heterocycles. The van der Waals surface area contributed by atoms with Gasteiger partial charge in [0, 0.05) is 50.2 Å². The van der Waals surface area contributed by atoms with Gasteiger partial charge in [0.05, 0.1) is 0 Å². The Morgan fingerprint density at radius 3 is 2.76 bits per heavy atom. The predicted octanol–water partition coefficient (Wildman–Crippen LogP) is 2.53. The maximum atomic E-state index is 11.9. The van der Waals surface area contributed by atoms with Gasteiger partial charge in [-0.3, -0.25) is 4.79 Å². The maximum Gasteiger partial charge on any atom is 0.220 e. The Morgan fingerprint density at radius 1 is 1.24 bits per heavy atom. The molecule has 1 saturated heterocycles. The summed E-state index contributed by atoms with van der Waals surface area (Å²) < 4.78 is 0. The quantitative estimate of drug-likeness (QED) is 0.826. The zero-order valence-electron chi connectivity index (χ0n) is 14.8. The molecular formula is C19H26N4OS. The summed E-state index contributed by atoms with van der Waals surface area (Å²) in [5.41, 5.74) is 1.05. The van der Waals surface area contributed by atoms with Crippen LogP contribution in [-0.4, -0.2) is 49.0 Å². The topological polar surface area (TPSA) is 48.5 Å². The van der Waals surface area contributed by atoms with E-state index in [9.17, 15) is 4.79 Å². The Bertz CT molecular complexity index is 649. The molecule has 0 aromatic carbocycles. The molecule has 1 aliphatic rings. The number of likely N-dealkylation sites (N-methyl/N-ethyl adjacent to an activating group) is 1. The SMILES string of the molecule is CN1CCN(c2ccc(CNC(=O)CCCc3cccs3)cn2)CC1. The van der Waals surface area contributed by atoms with E-state index in [1.165, 1.54) is 4.88 Å². The Hall–Kier alpha value is -1.92. The van der Waals surface area contributed by atoms with Crippen LogP contribution in [0.4, 0.5) is 5.82 Å². The number of carbonyl (C=O) groups is 1. The molecule has 1 N–H and O–H groups in total. The molecule has 0 atom stereocenters. The van der Waals surface area contributed by atoms with Crippen LogP contribution >= 0.6 is 11.3 Å². The second-order valence-corrected chi connectivity index (χ2v) is 7.56. The lowest BCUT2D eigenvalue weighted by molar-refractivity contribution is -0.121. The number of hydrogen-bond donors (Lipinski definition) is 1. The average Bonchev–Trinajstić information content (AvgIpc) is 3.15. The Balaban J connectivity index is 1.38. The fourth-order valence-corrected chi connectivity index (χ4v) is 3.66. The monoisotopic (exact) mass is 358 g/mol. The number of rotatable bonds is 7. The molecule has 0 aliphatic carbocycles. The lowest BCUT2D eigenvalue weighted by atomic mass is 10.2. The van der Waals surface area contributed by atoms with Gasteiger partial charge < -0.3 is 15.1 Å². The van der Waals surface area contributed by atoms with Crippen LogP contribution < -0.4 is 10.2 Å². The third-order valence-corrected chi connectivity index (χ3v) is 5.47. The van der Waals surface area contributed by atoms with Crippen LogP contribution in [0.5, 0.6) is 0 Å². The van der Waals surface area contributed by atoms with E-state index in [0.29, 0.717) is 13.0 Å². The highest BCUT2D eigenvalue weighted by molar-refractivity contribution is 7.09. The standard InChI is InChI=1S/C19H26N4OS/c1-22-9-11-23(12-10-22)18-8-7-16(14-20-18)15-21-19(24)6-2-4-17-5-3-13-25-17/h3,5,7-8,13-14H,2,4,6,9-12,15H2,1H3,(H,21,24). The molecule has 5 nitrogen and oxygen atoms in total. The first-order chi connectivity index (χ1) is 12.2. The van der Waals surface area contributed by atoms with E-state index in [2.05, 4.69) is 56.8 Å². The number of carbonyl (C=O) groups excluding carboxylic acids is 1. The minimum atomic E-state index is 0.111. The number of aromatic nitrogens is 1. The van der Waals surface area contributed by atoms with Crippen molar-refractivity contribution in [1.82, 2.24) is 15.2 Å². The summed E-state index contributed by atoms with van der Waals surface area (Å²) in [6.07, 6.45) is 4.32. The lowest BCUT2D eigenvalue weighted by Crippen LogP contribution is -2.44. The molecule has 1 fully saturated rings. The van der Waals surface area contributed by atoms with Gasteiger partial charge in [-0.15, -0.1) is 11.3 Å². The van der Waals surface area contributed by atoms with Gasteiger partial charge in [-0.1, -0.05) is 12.1 Å². The first kappa shape index (κ1) is 17.9. The van der Waals surface area contributed by atoms with Crippen LogP contribution in [0.3, 0.4) is 0 Å². The van der Waals surface area contributed by atoms with E-state index in [1.807, 2.05) is 6.20 Å². The summed E-state index contributed by atoms with van der Waals surface area (Å²) in [7, 11) is 2.15. The molecule has 0 saturated carbocycles. The molecule has 0 bridgehead atoms. The molecule has 0 unspecified atom stereocenters. The molecular weight excluding hydrogens is 332 g/mol. The number of aryl methyl sites for hydroxylation is 1. The third kappa shape index (κ3) is 5.54. The van der Waals surface area contributed by atoms with Crippen molar-refractivity contribution in [2.75, 3.05) is 38.1 Å². The first-order valence-electron chi connectivity index (χ1n) is 8.88. The number of nitrogens with zero attached hydrogens (tertiary/aromatic N) is 3. The highest BCUT2D eigenvalue weighted by atomic mass is 32.1. The van der Waals surface area contributed by atoms with Gasteiger partial charge in [0.1, 0.15) is 5.82 Å². The van der Waals surface area contributed by atoms with Crippen molar-refractivity contribution in [3.05, 3.63) is 46.3 Å². The van der Waals surface area contributed by atoms with Crippen LogP contribution in [0.1, 0.15) is 23.3 Å². The van der Waals surface area contributed by atoms with Crippen molar-refractivity contribution in [3.8, 4) is 0 Å². The predicted molar refractivity (Wildman–Crippen MR) is 103 cm³/mol. The Labute approximate surface area is 153 Å². The Morgan fingerprint density at radius 2 is 2.08 bits per heavy atom. The highest BCUT2D eigenvalue weighted by Crippen LogP contribution is 2.14. The third-order valence-electron chi connectivity index (χ3n) is 4.53. The van der Waals surface area contributed by atoms with E-state index in [-0.39, 0.29) is 5.91 Å². The number of nitrogens with one attached hydrogen (secondary N) is 1. The average molecular weight is 359 g/mol. The van der Waals surface area contributed by atoms with Crippen LogP contribution in [0, 0.1) is 0 Å². The molecule has 0 radical (unpaired) electrons. The second-order valence-electron chi connectivity index (χ2n) is 6.52. The van der Waals surface area contributed by atoms with Crippen molar-refractivity contribution in [2.45, 2.75) is 25.8 Å². The van der Waals surface area contributed by atoms with E-state index in [4.69, 9.17) is 0 Å². The number of piperazine rings is 1. The zero-order valence-corrected chi connectivity index (χ0v) is 15.6. The molecule has 3 heterocycles. The van der Waals surface area contributed by atoms with E-state index >= 15 is 0 Å². The van der Waals surface area contributed by atoms with E-state index < -0.39 is 0 Å². The molecule has 3 rings (SSSR count). The number of thiophene rings is 1. The molecule has 134 valence electrons. The minimum Gasteiger partial charge on any atom is -0.354 e. The summed E-state index contributed by atoms with van der Waals surface area (Å²) in [4.78, 5) is 22.5. The minimum absolute atomic E-state index is 0.111. The van der Waals surface area contributed by atoms with Crippen molar-refractivity contribution < 1.29 is 4.79 Å². The van der Waals surface area contributed by atoms with Crippen LogP contribution in [0.15, 0.2) is 35.8 Å². The maximum absolute atomic E-state index is 11.9. The molecule has 6 heteroatoms. The zero-order chi connectivity index (χ0) is 17.5. The molecule has 2 aromatic rings. The molecule has 1 aliphatic heterocycles. The lowest BCUT2D eigenvalue weighted by Gasteiger charge is -2.33. The van der Waals surface area contributed by atoms with E-state index in [0.717, 1.165) is 50.4 Å². The van der Waals surface area contributed by atoms with Crippen molar-refractivity contribution in [1.29, 1.82) is 0 Å². The largest absolute Gasteiger partial charge is 0.354 e. The number of pyridine rings is 1. The van der Waals surface area contributed by atoms with Crippen molar-refractivity contribution in [2.24, 2.45) is 0 Å². The fourth-order valence-electron chi connectivity index (χ4n) is 2.91. The van der Waals surface area contributed by atoms with Gasteiger partial charge in [0.25, 0.3) is 0 Å². The normalized spacial score (nSPS) is 15.3. The number of hydrogen-bond acceptors (Lipinski definition) is 5. The summed E-state index contributed by atoms with van der Waals surface area (Å²) in [6, 6.07) is 8.30. The summed E-state index contributed by atoms with van der Waals surface area (Å²) >= 11 is 1.75. The van der Waals surface area contributed by atoms with Crippen LogP contribution in [-0.2, 0) is 17.8 Å². The smallest absolute Gasteiger partial charge is 0.220 e. The van der Waals surface area contributed by atoms with Gasteiger partial charge in [0.15, 0.2) is 0 Å². The van der Waals surface area contributed by atoms with Gasteiger partial charge in [-0.05, 0) is 43.0 Å². The Kier molecular flexibility index (Phi) is 6.42. The van der Waals surface area contributed by atoms with Crippen LogP contribution in [0.25, 0.3) is 0 Å².